The Morgan fingerprint density at radius 2 is 1.95 bits per heavy atom. The average Bonchev–Trinajstić information content (AvgIpc) is 2.42. The number of hydrogen-bond donors (Lipinski definition) is 1. The van der Waals surface area contributed by atoms with Crippen molar-refractivity contribution in [2.24, 2.45) is 0 Å². The summed E-state index contributed by atoms with van der Waals surface area (Å²) in [5, 5.41) is 3.29. The molecule has 2 aromatic carbocycles. The molecule has 0 spiro atoms. The Bertz CT molecular complexity index is 569. The Kier molecular flexibility index (Phi) is 5.13. The molecular weight excluding hydrogens is 253 g/mol. The summed E-state index contributed by atoms with van der Waals surface area (Å²) in [4.78, 5) is 0. The van der Waals surface area contributed by atoms with Crippen LogP contribution in [0, 0.1) is 19.7 Å². The van der Waals surface area contributed by atoms with Crippen LogP contribution in [0.1, 0.15) is 16.7 Å². The molecule has 0 saturated heterocycles. The third-order valence-electron chi connectivity index (χ3n) is 3.09. The molecule has 0 heterocycles. The molecule has 0 bridgehead atoms. The van der Waals surface area contributed by atoms with Gasteiger partial charge in [0.25, 0.3) is 0 Å². The molecule has 2 nitrogen and oxygen atoms in total. The second-order valence-corrected chi connectivity index (χ2v) is 4.93. The van der Waals surface area contributed by atoms with E-state index >= 15 is 0 Å². The minimum atomic E-state index is -0.156. The first-order chi connectivity index (χ1) is 9.65. The zero-order valence-corrected chi connectivity index (χ0v) is 11.9. The Morgan fingerprint density at radius 1 is 1.10 bits per heavy atom. The lowest BCUT2D eigenvalue weighted by Gasteiger charge is -2.09. The molecule has 0 aromatic heterocycles. The van der Waals surface area contributed by atoms with Gasteiger partial charge in [0.15, 0.2) is 0 Å². The van der Waals surface area contributed by atoms with Gasteiger partial charge in [-0.15, -0.1) is 0 Å². The maximum Gasteiger partial charge on any atom is 0.126 e. The summed E-state index contributed by atoms with van der Waals surface area (Å²) >= 11 is 0. The van der Waals surface area contributed by atoms with E-state index in [4.69, 9.17) is 4.74 Å². The maximum absolute atomic E-state index is 13.1. The smallest absolute Gasteiger partial charge is 0.126 e. The predicted octanol–water partition coefficient (Wildman–Crippen LogP) is 3.61. The Hall–Kier alpha value is -1.87. The highest BCUT2D eigenvalue weighted by atomic mass is 19.1. The molecule has 106 valence electrons. The van der Waals surface area contributed by atoms with Gasteiger partial charge in [-0.1, -0.05) is 24.3 Å². The SMILES string of the molecule is Cc1cccc(OCCNCc2ccc(F)c(C)c2)c1. The van der Waals surface area contributed by atoms with Crippen LogP contribution in [-0.2, 0) is 6.54 Å². The number of halogens is 1. The van der Waals surface area contributed by atoms with Crippen LogP contribution in [0.2, 0.25) is 0 Å². The molecule has 0 saturated carbocycles. The van der Waals surface area contributed by atoms with Gasteiger partial charge in [-0.3, -0.25) is 0 Å². The molecule has 0 aliphatic heterocycles. The number of hydrogen-bond acceptors (Lipinski definition) is 2. The summed E-state index contributed by atoms with van der Waals surface area (Å²) in [6.07, 6.45) is 0. The quantitative estimate of drug-likeness (QED) is 0.812. The van der Waals surface area contributed by atoms with Crippen molar-refractivity contribution in [3.8, 4) is 5.75 Å². The van der Waals surface area contributed by atoms with Gasteiger partial charge in [-0.05, 0) is 48.7 Å². The lowest BCUT2D eigenvalue weighted by molar-refractivity contribution is 0.313. The highest BCUT2D eigenvalue weighted by molar-refractivity contribution is 5.27. The molecule has 0 aliphatic carbocycles. The van der Waals surface area contributed by atoms with Crippen molar-refractivity contribution in [1.82, 2.24) is 5.32 Å². The van der Waals surface area contributed by atoms with Crippen LogP contribution < -0.4 is 10.1 Å². The van der Waals surface area contributed by atoms with Crippen LogP contribution >= 0.6 is 0 Å². The number of rotatable bonds is 6. The standard InChI is InChI=1S/C17H20FNO/c1-13-4-3-5-16(10-13)20-9-8-19-12-15-6-7-17(18)14(2)11-15/h3-7,10-11,19H,8-9,12H2,1-2H3. The molecule has 2 rings (SSSR count). The molecule has 2 aromatic rings. The molecule has 0 unspecified atom stereocenters. The van der Waals surface area contributed by atoms with Crippen molar-refractivity contribution >= 4 is 0 Å². The van der Waals surface area contributed by atoms with Crippen molar-refractivity contribution in [2.75, 3.05) is 13.2 Å². The summed E-state index contributed by atoms with van der Waals surface area (Å²) in [6, 6.07) is 13.2. The van der Waals surface area contributed by atoms with E-state index in [0.717, 1.165) is 24.4 Å². The first-order valence-electron chi connectivity index (χ1n) is 6.80. The van der Waals surface area contributed by atoms with Gasteiger partial charge in [0.1, 0.15) is 18.2 Å². The number of ether oxygens (including phenoxy) is 1. The third-order valence-corrected chi connectivity index (χ3v) is 3.09. The molecule has 0 fully saturated rings. The zero-order chi connectivity index (χ0) is 14.4. The Labute approximate surface area is 119 Å². The highest BCUT2D eigenvalue weighted by Gasteiger charge is 1.99. The molecular formula is C17H20FNO. The van der Waals surface area contributed by atoms with E-state index in [1.807, 2.05) is 37.3 Å². The van der Waals surface area contributed by atoms with Crippen LogP contribution in [0.3, 0.4) is 0 Å². The van der Waals surface area contributed by atoms with E-state index in [1.54, 1.807) is 13.0 Å². The fourth-order valence-corrected chi connectivity index (χ4v) is 2.00. The largest absolute Gasteiger partial charge is 0.492 e. The van der Waals surface area contributed by atoms with Gasteiger partial charge in [0, 0.05) is 13.1 Å². The van der Waals surface area contributed by atoms with Crippen LogP contribution in [0.4, 0.5) is 4.39 Å². The minimum absolute atomic E-state index is 0.156. The van der Waals surface area contributed by atoms with E-state index in [0.29, 0.717) is 12.2 Å². The van der Waals surface area contributed by atoms with Gasteiger partial charge in [-0.2, -0.15) is 0 Å². The topological polar surface area (TPSA) is 21.3 Å². The van der Waals surface area contributed by atoms with Gasteiger partial charge >= 0.3 is 0 Å². The number of aryl methyl sites for hydroxylation is 2. The van der Waals surface area contributed by atoms with Gasteiger partial charge in [0.2, 0.25) is 0 Å². The van der Waals surface area contributed by atoms with Gasteiger partial charge < -0.3 is 10.1 Å². The van der Waals surface area contributed by atoms with Crippen molar-refractivity contribution < 1.29 is 9.13 Å². The molecule has 20 heavy (non-hydrogen) atoms. The van der Waals surface area contributed by atoms with E-state index in [-0.39, 0.29) is 5.82 Å². The Morgan fingerprint density at radius 3 is 2.70 bits per heavy atom. The van der Waals surface area contributed by atoms with Crippen molar-refractivity contribution in [1.29, 1.82) is 0 Å². The summed E-state index contributed by atoms with van der Waals surface area (Å²) in [5.74, 6) is 0.737. The summed E-state index contributed by atoms with van der Waals surface area (Å²) in [6.45, 7) is 5.91. The maximum atomic E-state index is 13.1. The first-order valence-corrected chi connectivity index (χ1v) is 6.80. The van der Waals surface area contributed by atoms with Crippen LogP contribution in [0.5, 0.6) is 5.75 Å². The monoisotopic (exact) mass is 273 g/mol. The van der Waals surface area contributed by atoms with Crippen LogP contribution in [0.25, 0.3) is 0 Å². The van der Waals surface area contributed by atoms with Crippen molar-refractivity contribution in [3.05, 3.63) is 65.0 Å². The van der Waals surface area contributed by atoms with Crippen LogP contribution in [0.15, 0.2) is 42.5 Å². The number of nitrogens with one attached hydrogen (secondary N) is 1. The molecule has 1 N–H and O–H groups in total. The normalized spacial score (nSPS) is 10.6. The minimum Gasteiger partial charge on any atom is -0.492 e. The second kappa shape index (κ2) is 7.06. The fraction of sp³-hybridized carbons (Fsp3) is 0.294. The highest BCUT2D eigenvalue weighted by Crippen LogP contribution is 2.12. The third kappa shape index (κ3) is 4.35. The number of benzene rings is 2. The van der Waals surface area contributed by atoms with E-state index in [2.05, 4.69) is 5.32 Å². The average molecular weight is 273 g/mol. The van der Waals surface area contributed by atoms with Crippen LogP contribution in [-0.4, -0.2) is 13.2 Å². The lowest BCUT2D eigenvalue weighted by Crippen LogP contribution is -2.20. The summed E-state index contributed by atoms with van der Waals surface area (Å²) in [5.41, 5.74) is 2.96. The summed E-state index contributed by atoms with van der Waals surface area (Å²) in [7, 11) is 0. The van der Waals surface area contributed by atoms with Crippen molar-refractivity contribution in [3.63, 3.8) is 0 Å². The molecule has 3 heteroatoms. The van der Waals surface area contributed by atoms with Gasteiger partial charge in [-0.25, -0.2) is 4.39 Å². The fourth-order valence-electron chi connectivity index (χ4n) is 2.00. The molecule has 0 amide bonds. The lowest BCUT2D eigenvalue weighted by atomic mass is 10.1. The zero-order valence-electron chi connectivity index (χ0n) is 11.9. The predicted molar refractivity (Wildman–Crippen MR) is 79.5 cm³/mol. The van der Waals surface area contributed by atoms with Gasteiger partial charge in [0.05, 0.1) is 0 Å². The second-order valence-electron chi connectivity index (χ2n) is 4.93. The van der Waals surface area contributed by atoms with E-state index < -0.39 is 0 Å². The molecule has 0 atom stereocenters. The molecule has 0 radical (unpaired) electrons. The van der Waals surface area contributed by atoms with E-state index in [9.17, 15) is 4.39 Å². The molecule has 0 aliphatic rings. The van der Waals surface area contributed by atoms with E-state index in [1.165, 1.54) is 11.6 Å². The first kappa shape index (κ1) is 14.5. The van der Waals surface area contributed by atoms with Crippen molar-refractivity contribution in [2.45, 2.75) is 20.4 Å². The summed E-state index contributed by atoms with van der Waals surface area (Å²) < 4.78 is 18.8. The Balaban J connectivity index is 1.70.